The molecule has 2 aromatic rings. The maximum Gasteiger partial charge on any atom is 0.296 e. The van der Waals surface area contributed by atoms with Crippen LogP contribution in [0.4, 0.5) is 0 Å². The van der Waals surface area contributed by atoms with Gasteiger partial charge in [0.2, 0.25) is 0 Å². The lowest BCUT2D eigenvalue weighted by molar-refractivity contribution is 0.164. The predicted molar refractivity (Wildman–Crippen MR) is 183 cm³/mol. The van der Waals surface area contributed by atoms with Crippen LogP contribution in [0.15, 0.2) is 34.1 Å². The minimum absolute atomic E-state index is 0.128. The van der Waals surface area contributed by atoms with Gasteiger partial charge >= 0.3 is 0 Å². The Kier molecular flexibility index (Phi) is 19.0. The van der Waals surface area contributed by atoms with Crippen LogP contribution in [0.5, 0.6) is 0 Å². The highest BCUT2D eigenvalue weighted by atomic mass is 32.2. The largest absolute Gasteiger partial charge is 0.392 e. The van der Waals surface area contributed by atoms with E-state index in [4.69, 9.17) is 10.2 Å². The van der Waals surface area contributed by atoms with E-state index in [1.54, 1.807) is 32.0 Å². The summed E-state index contributed by atoms with van der Waals surface area (Å²) in [5.74, 6) is 1.28. The van der Waals surface area contributed by atoms with E-state index >= 15 is 0 Å². The van der Waals surface area contributed by atoms with Crippen molar-refractivity contribution >= 4 is 31.0 Å². The number of rotatable bonds is 20. The number of nitrogens with one attached hydrogen (secondary N) is 1. The SMILES string of the molecule is CC(C)CCCCCCc1c(S(=O)(=O)O)c(S(=O)(=O)O)c2ccccc2c1CCCCCCC(C)C.CC(O)CNCC(C)O. The summed E-state index contributed by atoms with van der Waals surface area (Å²) < 4.78 is 70.3. The molecule has 0 aromatic heterocycles. The van der Waals surface area contributed by atoms with Crippen molar-refractivity contribution in [1.29, 1.82) is 0 Å². The van der Waals surface area contributed by atoms with Crippen LogP contribution in [0, 0.1) is 11.8 Å². The number of hydrogen-bond acceptors (Lipinski definition) is 7. The zero-order valence-corrected chi connectivity index (χ0v) is 29.9. The van der Waals surface area contributed by atoms with Crippen LogP contribution >= 0.6 is 0 Å². The Bertz CT molecular complexity index is 1350. The smallest absolute Gasteiger partial charge is 0.296 e. The molecule has 2 atom stereocenters. The minimum atomic E-state index is -4.91. The van der Waals surface area contributed by atoms with Crippen LogP contribution in [0.3, 0.4) is 0 Å². The van der Waals surface area contributed by atoms with E-state index in [0.717, 1.165) is 56.9 Å². The van der Waals surface area contributed by atoms with Crippen molar-refractivity contribution in [3.8, 4) is 0 Å². The second kappa shape index (κ2) is 20.6. The van der Waals surface area contributed by atoms with Gasteiger partial charge in [-0.3, -0.25) is 9.11 Å². The number of benzene rings is 2. The van der Waals surface area contributed by atoms with Gasteiger partial charge in [-0.25, -0.2) is 0 Å². The molecule has 0 aliphatic carbocycles. The molecule has 2 unspecified atom stereocenters. The lowest BCUT2D eigenvalue weighted by atomic mass is 9.91. The van der Waals surface area contributed by atoms with Crippen molar-refractivity contribution in [3.63, 3.8) is 0 Å². The highest BCUT2D eigenvalue weighted by Crippen LogP contribution is 2.38. The fourth-order valence-corrected chi connectivity index (χ4v) is 7.83. The molecule has 0 aliphatic heterocycles. The van der Waals surface area contributed by atoms with Crippen LogP contribution in [0.25, 0.3) is 10.8 Å². The Balaban J connectivity index is 0.000000975. The van der Waals surface area contributed by atoms with E-state index in [1.807, 2.05) is 0 Å². The van der Waals surface area contributed by atoms with Crippen LogP contribution in [0.2, 0.25) is 0 Å². The van der Waals surface area contributed by atoms with Gasteiger partial charge in [0.1, 0.15) is 9.79 Å². The van der Waals surface area contributed by atoms with Gasteiger partial charge in [-0.15, -0.1) is 0 Å². The fraction of sp³-hybridized carbons (Fsp3) is 0.706. The molecule has 9 nitrogen and oxygen atoms in total. The molecule has 0 fully saturated rings. The third kappa shape index (κ3) is 16.2. The summed E-state index contributed by atoms with van der Waals surface area (Å²) >= 11 is 0. The van der Waals surface area contributed by atoms with Gasteiger partial charge in [0.15, 0.2) is 0 Å². The number of hydrogen-bond donors (Lipinski definition) is 5. The molecular formula is C34H59NO8S2. The van der Waals surface area contributed by atoms with Gasteiger partial charge < -0.3 is 15.5 Å². The third-order valence-corrected chi connectivity index (χ3v) is 9.69. The van der Waals surface area contributed by atoms with Gasteiger partial charge in [0.05, 0.1) is 12.2 Å². The summed E-state index contributed by atoms with van der Waals surface area (Å²) in [6.07, 6.45) is 10.2. The van der Waals surface area contributed by atoms with Crippen LogP contribution in [-0.2, 0) is 33.1 Å². The van der Waals surface area contributed by atoms with Crippen molar-refractivity contribution in [2.24, 2.45) is 11.8 Å². The highest BCUT2D eigenvalue weighted by molar-refractivity contribution is 7.89. The van der Waals surface area contributed by atoms with Crippen molar-refractivity contribution in [2.45, 2.75) is 141 Å². The van der Waals surface area contributed by atoms with Crippen LogP contribution < -0.4 is 5.32 Å². The quantitative estimate of drug-likeness (QED) is 0.0738. The molecule has 0 amide bonds. The standard InChI is InChI=1S/C28H44O6S2.C6H15NO2/c1-21(2)15-9-5-7-11-17-23-24-18-13-14-20-26(24)28(36(32,33)34)27(35(29,30)31)25(23)19-12-8-6-10-16-22(3)4;1-5(8)3-7-4-6(2)9/h13-14,18,20-22H,5-12,15-17,19H2,1-4H3,(H,29,30,31)(H,32,33,34);5-9H,3-4H2,1-2H3. The van der Waals surface area contributed by atoms with E-state index in [2.05, 4.69) is 33.0 Å². The molecule has 45 heavy (non-hydrogen) atoms. The van der Waals surface area contributed by atoms with Crippen molar-refractivity contribution in [2.75, 3.05) is 13.1 Å². The molecule has 2 rings (SSSR count). The van der Waals surface area contributed by atoms with Crippen molar-refractivity contribution < 1.29 is 36.2 Å². The molecule has 11 heteroatoms. The van der Waals surface area contributed by atoms with Gasteiger partial charge in [0.25, 0.3) is 20.2 Å². The Morgan fingerprint density at radius 3 is 1.38 bits per heavy atom. The summed E-state index contributed by atoms with van der Waals surface area (Å²) in [5, 5.41) is 21.1. The van der Waals surface area contributed by atoms with Crippen LogP contribution in [0.1, 0.15) is 117 Å². The lowest BCUT2D eigenvalue weighted by Crippen LogP contribution is -2.30. The minimum Gasteiger partial charge on any atom is -0.392 e. The normalized spacial score (nSPS) is 13.7. The molecule has 0 heterocycles. The average Bonchev–Trinajstić information content (AvgIpc) is 2.90. The average molecular weight is 674 g/mol. The van der Waals surface area contributed by atoms with Crippen molar-refractivity contribution in [3.05, 3.63) is 35.4 Å². The van der Waals surface area contributed by atoms with E-state index in [9.17, 15) is 25.9 Å². The maximum absolute atomic E-state index is 12.6. The molecule has 2 aromatic carbocycles. The highest BCUT2D eigenvalue weighted by Gasteiger charge is 2.32. The first-order valence-electron chi connectivity index (χ1n) is 16.5. The number of aryl methyl sites for hydroxylation is 1. The first-order valence-corrected chi connectivity index (χ1v) is 19.4. The monoisotopic (exact) mass is 673 g/mol. The molecule has 0 saturated carbocycles. The lowest BCUT2D eigenvalue weighted by Gasteiger charge is -2.20. The molecule has 0 saturated heterocycles. The van der Waals surface area contributed by atoms with Gasteiger partial charge in [-0.1, -0.05) is 103 Å². The summed E-state index contributed by atoms with van der Waals surface area (Å²) in [6.45, 7) is 13.3. The molecular weight excluding hydrogens is 615 g/mol. The van der Waals surface area contributed by atoms with E-state index < -0.39 is 30.0 Å². The number of aliphatic hydroxyl groups is 2. The third-order valence-electron chi connectivity index (χ3n) is 7.65. The zero-order valence-electron chi connectivity index (χ0n) is 28.3. The maximum atomic E-state index is 12.6. The first-order chi connectivity index (χ1) is 21.0. The van der Waals surface area contributed by atoms with Gasteiger partial charge in [-0.2, -0.15) is 16.8 Å². The first kappa shape index (κ1) is 41.4. The van der Waals surface area contributed by atoms with Crippen molar-refractivity contribution in [1.82, 2.24) is 5.32 Å². The molecule has 0 aliphatic rings. The molecule has 0 radical (unpaired) electrons. The van der Waals surface area contributed by atoms with Crippen LogP contribution in [-0.4, -0.2) is 61.5 Å². The summed E-state index contributed by atoms with van der Waals surface area (Å²) in [7, 11) is -9.82. The predicted octanol–water partition coefficient (Wildman–Crippen LogP) is 6.97. The Labute approximate surface area is 272 Å². The van der Waals surface area contributed by atoms with Gasteiger partial charge in [0, 0.05) is 18.5 Å². The summed E-state index contributed by atoms with van der Waals surface area (Å²) in [6, 6.07) is 6.66. The van der Waals surface area contributed by atoms with E-state index in [0.29, 0.717) is 55.1 Å². The van der Waals surface area contributed by atoms with Gasteiger partial charge in [-0.05, 0) is 67.9 Å². The molecule has 5 N–H and O–H groups in total. The zero-order chi connectivity index (χ0) is 34.2. The molecule has 0 bridgehead atoms. The van der Waals surface area contributed by atoms with E-state index in [-0.39, 0.29) is 17.6 Å². The second-order valence-electron chi connectivity index (χ2n) is 13.2. The molecule has 0 spiro atoms. The molecule has 260 valence electrons. The Morgan fingerprint density at radius 2 is 0.978 bits per heavy atom. The Morgan fingerprint density at radius 1 is 0.578 bits per heavy atom. The fourth-order valence-electron chi connectivity index (χ4n) is 5.50. The van der Waals surface area contributed by atoms with E-state index in [1.165, 1.54) is 12.5 Å². The number of aliphatic hydroxyl groups excluding tert-OH is 2. The number of unbranched alkanes of at least 4 members (excludes halogenated alkanes) is 6. The summed E-state index contributed by atoms with van der Waals surface area (Å²) in [4.78, 5) is -1.36. The Hall–Kier alpha value is -1.60. The topological polar surface area (TPSA) is 161 Å². The second-order valence-corrected chi connectivity index (χ2v) is 15.9. The summed E-state index contributed by atoms with van der Waals surface area (Å²) in [5.41, 5.74) is 1.09. The number of fused-ring (bicyclic) bond motifs is 1.